The number of halogens is 2. The van der Waals surface area contributed by atoms with Crippen LogP contribution in [-0.2, 0) is 21.2 Å². The van der Waals surface area contributed by atoms with E-state index in [0.717, 1.165) is 4.31 Å². The summed E-state index contributed by atoms with van der Waals surface area (Å²) in [6.07, 6.45) is 0.0158. The lowest BCUT2D eigenvalue weighted by Gasteiger charge is -2.25. The number of carbonyl (C=O) groups excluding carboxylic acids is 1. The van der Waals surface area contributed by atoms with Crippen molar-refractivity contribution >= 4 is 39.1 Å². The Morgan fingerprint density at radius 3 is 2.44 bits per heavy atom. The van der Waals surface area contributed by atoms with E-state index in [-0.39, 0.29) is 21.4 Å². The second kappa shape index (κ2) is 3.61. The fourth-order valence-corrected chi connectivity index (χ4v) is 3.28. The first-order valence-corrected chi connectivity index (χ1v) is 6.53. The molecule has 16 heavy (non-hydrogen) atoms. The highest BCUT2D eigenvalue weighted by Crippen LogP contribution is 2.33. The molecule has 4 nitrogen and oxygen atoms in total. The molecule has 7 heteroatoms. The van der Waals surface area contributed by atoms with E-state index in [2.05, 4.69) is 0 Å². The van der Waals surface area contributed by atoms with Crippen molar-refractivity contribution in [3.63, 3.8) is 0 Å². The molecule has 0 bridgehead atoms. The molecule has 0 spiro atoms. The summed E-state index contributed by atoms with van der Waals surface area (Å²) in [4.78, 5) is 11.5. The molecule has 0 unspecified atom stereocenters. The van der Waals surface area contributed by atoms with Crippen LogP contribution in [0.3, 0.4) is 0 Å². The van der Waals surface area contributed by atoms with Crippen LogP contribution in [0.25, 0.3) is 0 Å². The molecule has 1 heterocycles. The third-order valence-electron chi connectivity index (χ3n) is 2.43. The summed E-state index contributed by atoms with van der Waals surface area (Å²) in [5, 5.41) is 0.403. The van der Waals surface area contributed by atoms with Crippen LogP contribution < -0.4 is 0 Å². The maximum atomic E-state index is 11.9. The van der Waals surface area contributed by atoms with Crippen LogP contribution >= 0.6 is 23.2 Å². The molecule has 1 aromatic rings. The first-order valence-electron chi connectivity index (χ1n) is 4.33. The van der Waals surface area contributed by atoms with Crippen molar-refractivity contribution in [2.75, 3.05) is 7.05 Å². The van der Waals surface area contributed by atoms with Crippen molar-refractivity contribution in [1.82, 2.24) is 4.31 Å². The second-order valence-corrected chi connectivity index (χ2v) is 6.17. The number of carbonyl (C=O) groups is 1. The number of amides is 1. The van der Waals surface area contributed by atoms with E-state index in [1.54, 1.807) is 0 Å². The van der Waals surface area contributed by atoms with Gasteiger partial charge in [0.05, 0.1) is 21.4 Å². The van der Waals surface area contributed by atoms with Crippen LogP contribution in [0.2, 0.25) is 10.0 Å². The van der Waals surface area contributed by atoms with Crippen LogP contribution in [0.4, 0.5) is 0 Å². The number of benzene rings is 1. The predicted molar refractivity (Wildman–Crippen MR) is 60.1 cm³/mol. The van der Waals surface area contributed by atoms with E-state index in [9.17, 15) is 13.2 Å². The Kier molecular flexibility index (Phi) is 2.64. The Hall–Kier alpha value is -0.780. The minimum atomic E-state index is -3.77. The van der Waals surface area contributed by atoms with E-state index in [1.807, 2.05) is 0 Å². The minimum Gasteiger partial charge on any atom is -0.273 e. The minimum absolute atomic E-state index is 0.0158. The van der Waals surface area contributed by atoms with Gasteiger partial charge in [-0.25, -0.2) is 12.7 Å². The van der Waals surface area contributed by atoms with Crippen LogP contribution in [0.5, 0.6) is 0 Å². The number of nitrogens with zero attached hydrogens (tertiary/aromatic N) is 1. The van der Waals surface area contributed by atoms with Gasteiger partial charge in [0.25, 0.3) is 10.0 Å². The zero-order valence-corrected chi connectivity index (χ0v) is 10.5. The quantitative estimate of drug-likeness (QED) is 0.726. The average molecular weight is 280 g/mol. The van der Waals surface area contributed by atoms with Gasteiger partial charge in [0.1, 0.15) is 0 Å². The van der Waals surface area contributed by atoms with E-state index in [0.29, 0.717) is 5.56 Å². The molecule has 0 aliphatic carbocycles. The Balaban J connectivity index is 2.76. The van der Waals surface area contributed by atoms with Gasteiger partial charge in [-0.3, -0.25) is 4.79 Å². The van der Waals surface area contributed by atoms with Crippen molar-refractivity contribution in [3.05, 3.63) is 27.7 Å². The number of sulfonamides is 1. The predicted octanol–water partition coefficient (Wildman–Crippen LogP) is 1.70. The summed E-state index contributed by atoms with van der Waals surface area (Å²) < 4.78 is 24.5. The summed E-state index contributed by atoms with van der Waals surface area (Å²) in [6, 6.07) is 2.69. The average Bonchev–Trinajstić information content (AvgIpc) is 2.19. The molecule has 1 aliphatic heterocycles. The van der Waals surface area contributed by atoms with Crippen LogP contribution in [-0.4, -0.2) is 25.7 Å². The Bertz CT molecular complexity index is 583. The molecule has 1 aromatic carbocycles. The molecule has 1 aliphatic rings. The third kappa shape index (κ3) is 1.59. The molecule has 0 saturated heterocycles. The fraction of sp³-hybridized carbons (Fsp3) is 0.222. The van der Waals surface area contributed by atoms with E-state index in [1.165, 1.54) is 19.2 Å². The van der Waals surface area contributed by atoms with Gasteiger partial charge in [-0.1, -0.05) is 23.2 Å². The van der Waals surface area contributed by atoms with Crippen molar-refractivity contribution in [1.29, 1.82) is 0 Å². The summed E-state index contributed by atoms with van der Waals surface area (Å²) in [7, 11) is -2.54. The summed E-state index contributed by atoms with van der Waals surface area (Å²) >= 11 is 11.5. The Labute approximate surface area is 103 Å². The first kappa shape index (κ1) is 11.7. The standard InChI is InChI=1S/C9H7Cl2NO3S/c1-12-9(13)3-5-2-6(10)7(11)4-8(5)16(12,14)15/h2,4H,3H2,1H3. The largest absolute Gasteiger partial charge is 0.273 e. The molecule has 0 atom stereocenters. The zero-order valence-electron chi connectivity index (χ0n) is 8.20. The van der Waals surface area contributed by atoms with Crippen molar-refractivity contribution < 1.29 is 13.2 Å². The number of rotatable bonds is 0. The number of likely N-dealkylation sites (N-methyl/N-ethyl adjacent to an activating group) is 1. The first-order chi connectivity index (χ1) is 7.34. The molecule has 86 valence electrons. The Morgan fingerprint density at radius 2 is 1.81 bits per heavy atom. The van der Waals surface area contributed by atoms with E-state index >= 15 is 0 Å². The molecule has 2 rings (SSSR count). The molecular formula is C9H7Cl2NO3S. The van der Waals surface area contributed by atoms with Crippen molar-refractivity contribution in [3.8, 4) is 0 Å². The smallest absolute Gasteiger partial charge is 0.266 e. The van der Waals surface area contributed by atoms with Gasteiger partial charge in [-0.05, 0) is 17.7 Å². The highest BCUT2D eigenvalue weighted by atomic mass is 35.5. The van der Waals surface area contributed by atoms with Gasteiger partial charge >= 0.3 is 0 Å². The van der Waals surface area contributed by atoms with Crippen molar-refractivity contribution in [2.45, 2.75) is 11.3 Å². The van der Waals surface area contributed by atoms with Crippen LogP contribution in [0.15, 0.2) is 17.0 Å². The molecule has 0 fully saturated rings. The normalized spacial score (nSPS) is 18.4. The van der Waals surface area contributed by atoms with Gasteiger partial charge < -0.3 is 0 Å². The van der Waals surface area contributed by atoms with Crippen LogP contribution in [0, 0.1) is 0 Å². The lowest BCUT2D eigenvalue weighted by atomic mass is 10.1. The zero-order chi connectivity index (χ0) is 12.1. The van der Waals surface area contributed by atoms with Gasteiger partial charge in [0.15, 0.2) is 0 Å². The number of fused-ring (bicyclic) bond motifs is 1. The van der Waals surface area contributed by atoms with E-state index in [4.69, 9.17) is 23.2 Å². The van der Waals surface area contributed by atoms with E-state index < -0.39 is 15.9 Å². The monoisotopic (exact) mass is 279 g/mol. The summed E-state index contributed by atoms with van der Waals surface area (Å²) in [6.45, 7) is 0. The second-order valence-electron chi connectivity index (χ2n) is 3.42. The van der Waals surface area contributed by atoms with Crippen molar-refractivity contribution in [2.24, 2.45) is 0 Å². The molecule has 0 aromatic heterocycles. The SMILES string of the molecule is CN1C(=O)Cc2cc(Cl)c(Cl)cc2S1(=O)=O. The summed E-state index contributed by atoms with van der Waals surface area (Å²) in [5.74, 6) is -0.481. The fourth-order valence-electron chi connectivity index (χ4n) is 1.50. The van der Waals surface area contributed by atoms with Gasteiger partial charge in [0.2, 0.25) is 5.91 Å². The molecule has 0 N–H and O–H groups in total. The lowest BCUT2D eigenvalue weighted by Crippen LogP contribution is -2.38. The lowest BCUT2D eigenvalue weighted by molar-refractivity contribution is -0.125. The van der Waals surface area contributed by atoms with Gasteiger partial charge in [-0.15, -0.1) is 0 Å². The third-order valence-corrected chi connectivity index (χ3v) is 5.02. The van der Waals surface area contributed by atoms with Gasteiger partial charge in [-0.2, -0.15) is 0 Å². The topological polar surface area (TPSA) is 54.5 Å². The highest BCUT2D eigenvalue weighted by Gasteiger charge is 2.34. The van der Waals surface area contributed by atoms with Gasteiger partial charge in [0, 0.05) is 7.05 Å². The Morgan fingerprint density at radius 1 is 1.25 bits per heavy atom. The maximum absolute atomic E-state index is 11.9. The molecule has 0 radical (unpaired) electrons. The highest BCUT2D eigenvalue weighted by molar-refractivity contribution is 7.89. The van der Waals surface area contributed by atoms with Crippen LogP contribution in [0.1, 0.15) is 5.56 Å². The molecule has 1 amide bonds. The number of hydrogen-bond donors (Lipinski definition) is 0. The molecular weight excluding hydrogens is 273 g/mol. The maximum Gasteiger partial charge on any atom is 0.266 e. The number of hydrogen-bond acceptors (Lipinski definition) is 3. The molecule has 0 saturated carbocycles. The summed E-state index contributed by atoms with van der Waals surface area (Å²) in [5.41, 5.74) is 0.387.